The fourth-order valence-corrected chi connectivity index (χ4v) is 2.03. The molecule has 0 saturated carbocycles. The number of carbonyl (C=O) groups is 3. The van der Waals surface area contributed by atoms with Crippen molar-refractivity contribution in [1.82, 2.24) is 0 Å². The number of ether oxygens (including phenoxy) is 1. The second-order valence-electron chi connectivity index (χ2n) is 5.05. The van der Waals surface area contributed by atoms with Crippen molar-refractivity contribution in [1.29, 1.82) is 0 Å². The van der Waals surface area contributed by atoms with E-state index < -0.39 is 29.8 Å². The molecule has 1 aromatic rings. The maximum Gasteiger partial charge on any atom is 0.471 e. The Labute approximate surface area is 129 Å². The number of rotatable bonds is 3. The highest BCUT2D eigenvalue weighted by Crippen LogP contribution is 2.30. The van der Waals surface area contributed by atoms with E-state index in [1.165, 1.54) is 12.1 Å². The van der Waals surface area contributed by atoms with E-state index in [2.05, 4.69) is 0 Å². The molecule has 0 unspecified atom stereocenters. The Hall–Kier alpha value is -2.64. The Morgan fingerprint density at radius 2 is 1.87 bits per heavy atom. The summed E-state index contributed by atoms with van der Waals surface area (Å²) in [6.07, 6.45) is -4.53. The maximum atomic E-state index is 12.4. The van der Waals surface area contributed by atoms with E-state index in [1.54, 1.807) is 19.2 Å². The molecule has 5 nitrogen and oxygen atoms in total. The van der Waals surface area contributed by atoms with Crippen molar-refractivity contribution < 1.29 is 32.3 Å². The van der Waals surface area contributed by atoms with Gasteiger partial charge in [0.2, 0.25) is 5.78 Å². The lowest BCUT2D eigenvalue weighted by molar-refractivity contribution is -0.167. The largest absolute Gasteiger partial charge is 0.487 e. The fourth-order valence-electron chi connectivity index (χ4n) is 2.03. The topological polar surface area (TPSA) is 72.5 Å². The zero-order valence-electron chi connectivity index (χ0n) is 12.2. The van der Waals surface area contributed by atoms with Crippen LogP contribution in [0, 0.1) is 0 Å². The molecule has 0 aliphatic heterocycles. The molecule has 1 aliphatic carbocycles. The summed E-state index contributed by atoms with van der Waals surface area (Å²) in [5, 5.41) is 1.62. The van der Waals surface area contributed by atoms with Crippen LogP contribution >= 0.6 is 0 Å². The molecule has 0 fully saturated rings. The molecular weight excluding hydrogens is 315 g/mol. The van der Waals surface area contributed by atoms with Crippen LogP contribution in [0.5, 0.6) is 0 Å². The van der Waals surface area contributed by atoms with Crippen molar-refractivity contribution in [2.75, 3.05) is 5.32 Å². The predicted octanol–water partition coefficient (Wildman–Crippen LogP) is 2.88. The van der Waals surface area contributed by atoms with E-state index in [-0.39, 0.29) is 22.6 Å². The second kappa shape index (κ2) is 5.86. The van der Waals surface area contributed by atoms with Gasteiger partial charge in [0.25, 0.3) is 0 Å². The molecule has 23 heavy (non-hydrogen) atoms. The van der Waals surface area contributed by atoms with Gasteiger partial charge in [-0.25, -0.2) is 0 Å². The van der Waals surface area contributed by atoms with Crippen LogP contribution in [0.2, 0.25) is 0 Å². The summed E-state index contributed by atoms with van der Waals surface area (Å²) < 4.78 is 42.4. The van der Waals surface area contributed by atoms with Gasteiger partial charge in [0.1, 0.15) is 0 Å². The normalized spacial score (nSPS) is 14.4. The third-order valence-corrected chi connectivity index (χ3v) is 2.91. The van der Waals surface area contributed by atoms with Crippen LogP contribution in [0.15, 0.2) is 30.0 Å². The predicted molar refractivity (Wildman–Crippen MR) is 74.1 cm³/mol. The first-order chi connectivity index (χ1) is 10.6. The summed E-state index contributed by atoms with van der Waals surface area (Å²) in [7, 11) is 0. The van der Waals surface area contributed by atoms with Gasteiger partial charge in [-0.3, -0.25) is 14.4 Å². The average Bonchev–Trinajstić information content (AvgIpc) is 2.42. The quantitative estimate of drug-likeness (QED) is 0.926. The summed E-state index contributed by atoms with van der Waals surface area (Å²) in [5.74, 6) is -3.84. The van der Waals surface area contributed by atoms with Gasteiger partial charge in [0.05, 0.1) is 17.4 Å². The summed E-state index contributed by atoms with van der Waals surface area (Å²) in [6.45, 7) is 3.26. The first kappa shape index (κ1) is 16.7. The van der Waals surface area contributed by atoms with Crippen molar-refractivity contribution in [3.05, 3.63) is 41.2 Å². The number of ketones is 2. The molecule has 8 heteroatoms. The van der Waals surface area contributed by atoms with Crippen LogP contribution in [-0.2, 0) is 9.53 Å². The van der Waals surface area contributed by atoms with E-state index >= 15 is 0 Å². The van der Waals surface area contributed by atoms with Gasteiger partial charge in [-0.1, -0.05) is 12.1 Å². The standard InChI is InChI=1S/C15H12F3NO4/c1-7(2)23-11-6-10(20)8-4-3-5-9(12(8)13(11)21)19-14(22)15(16,17)18/h3-7H,1-2H3,(H,19,22). The minimum atomic E-state index is -5.11. The molecule has 1 aliphatic rings. The number of hydrogen-bond donors (Lipinski definition) is 1. The smallest absolute Gasteiger partial charge is 0.471 e. The Balaban J connectivity index is 2.46. The highest BCUT2D eigenvalue weighted by molar-refractivity contribution is 6.26. The van der Waals surface area contributed by atoms with E-state index in [1.807, 2.05) is 0 Å². The van der Waals surface area contributed by atoms with Crippen LogP contribution in [0.4, 0.5) is 18.9 Å². The Morgan fingerprint density at radius 3 is 2.43 bits per heavy atom. The first-order valence-corrected chi connectivity index (χ1v) is 6.60. The zero-order valence-corrected chi connectivity index (χ0v) is 12.2. The molecule has 0 heterocycles. The van der Waals surface area contributed by atoms with Crippen molar-refractivity contribution in [3.8, 4) is 0 Å². The Bertz CT molecular complexity index is 720. The summed E-state index contributed by atoms with van der Waals surface area (Å²) in [6, 6.07) is 3.69. The summed E-state index contributed by atoms with van der Waals surface area (Å²) >= 11 is 0. The van der Waals surface area contributed by atoms with Crippen LogP contribution < -0.4 is 5.32 Å². The second-order valence-corrected chi connectivity index (χ2v) is 5.05. The third-order valence-electron chi connectivity index (χ3n) is 2.91. The zero-order chi connectivity index (χ0) is 17.4. The van der Waals surface area contributed by atoms with E-state index in [9.17, 15) is 27.6 Å². The van der Waals surface area contributed by atoms with Crippen molar-refractivity contribution in [2.24, 2.45) is 0 Å². The van der Waals surface area contributed by atoms with E-state index in [0.29, 0.717) is 0 Å². The van der Waals surface area contributed by atoms with Crippen LogP contribution in [0.3, 0.4) is 0 Å². The first-order valence-electron chi connectivity index (χ1n) is 6.60. The SMILES string of the molecule is CC(C)OC1=CC(=O)c2cccc(NC(=O)C(F)(F)F)c2C1=O. The van der Waals surface area contributed by atoms with Gasteiger partial charge < -0.3 is 10.1 Å². The molecule has 122 valence electrons. The molecule has 1 amide bonds. The van der Waals surface area contributed by atoms with Crippen LogP contribution in [0.1, 0.15) is 34.6 Å². The number of anilines is 1. The lowest BCUT2D eigenvalue weighted by atomic mass is 9.92. The fraction of sp³-hybridized carbons (Fsp3) is 0.267. The van der Waals surface area contributed by atoms with Gasteiger partial charge in [0, 0.05) is 11.6 Å². The summed E-state index contributed by atoms with van der Waals surface area (Å²) in [4.78, 5) is 35.5. The average molecular weight is 327 g/mol. The number of hydrogen-bond acceptors (Lipinski definition) is 4. The molecule has 0 radical (unpaired) electrons. The number of alkyl halides is 3. The lowest BCUT2D eigenvalue weighted by Gasteiger charge is -2.20. The van der Waals surface area contributed by atoms with Gasteiger partial charge >= 0.3 is 12.1 Å². The number of carbonyl (C=O) groups excluding carboxylic acids is 3. The van der Waals surface area contributed by atoms with Crippen molar-refractivity contribution in [2.45, 2.75) is 26.1 Å². The molecule has 0 aromatic heterocycles. The maximum absolute atomic E-state index is 12.4. The monoisotopic (exact) mass is 327 g/mol. The number of Topliss-reactive ketones (excluding diaryl/α,β-unsaturated/α-hetero) is 1. The molecular formula is C15H12F3NO4. The number of halogens is 3. The van der Waals surface area contributed by atoms with Crippen molar-refractivity contribution in [3.63, 3.8) is 0 Å². The van der Waals surface area contributed by atoms with Gasteiger partial charge in [-0.15, -0.1) is 0 Å². The van der Waals surface area contributed by atoms with Gasteiger partial charge in [0.15, 0.2) is 11.5 Å². The molecule has 1 N–H and O–H groups in total. The number of benzene rings is 1. The minimum absolute atomic E-state index is 0.0916. The van der Waals surface area contributed by atoms with Gasteiger partial charge in [-0.2, -0.15) is 13.2 Å². The highest BCUT2D eigenvalue weighted by Gasteiger charge is 2.40. The number of nitrogens with one attached hydrogen (secondary N) is 1. The third kappa shape index (κ3) is 3.41. The molecule has 0 bridgehead atoms. The van der Waals surface area contributed by atoms with Crippen molar-refractivity contribution >= 4 is 23.2 Å². The lowest BCUT2D eigenvalue weighted by Crippen LogP contribution is -2.31. The Kier molecular flexibility index (Phi) is 4.26. The van der Waals surface area contributed by atoms with E-state index in [0.717, 1.165) is 12.1 Å². The summed E-state index contributed by atoms with van der Waals surface area (Å²) in [5.41, 5.74) is -0.791. The highest BCUT2D eigenvalue weighted by atomic mass is 19.4. The van der Waals surface area contributed by atoms with E-state index in [4.69, 9.17) is 4.74 Å². The molecule has 0 atom stereocenters. The van der Waals surface area contributed by atoms with Gasteiger partial charge in [-0.05, 0) is 19.9 Å². The number of fused-ring (bicyclic) bond motifs is 1. The molecule has 0 saturated heterocycles. The minimum Gasteiger partial charge on any atom is -0.487 e. The van der Waals surface area contributed by atoms with Crippen LogP contribution in [0.25, 0.3) is 0 Å². The molecule has 0 spiro atoms. The number of amides is 1. The number of allylic oxidation sites excluding steroid dienone is 2. The molecule has 1 aromatic carbocycles. The molecule has 2 rings (SSSR count). The Morgan fingerprint density at radius 1 is 1.22 bits per heavy atom. The van der Waals surface area contributed by atoms with Crippen LogP contribution in [-0.4, -0.2) is 29.8 Å².